The van der Waals surface area contributed by atoms with Gasteiger partial charge in [-0.05, 0) is 43.2 Å². The first kappa shape index (κ1) is 15.7. The molecule has 27 heavy (non-hydrogen) atoms. The van der Waals surface area contributed by atoms with E-state index in [-0.39, 0.29) is 0 Å². The zero-order chi connectivity index (χ0) is 18.4. The minimum atomic E-state index is 0.798. The van der Waals surface area contributed by atoms with E-state index in [4.69, 9.17) is 0 Å². The van der Waals surface area contributed by atoms with Gasteiger partial charge in [0, 0.05) is 16.3 Å². The highest BCUT2D eigenvalue weighted by molar-refractivity contribution is 5.98. The molecule has 130 valence electrons. The fourth-order valence-corrected chi connectivity index (χ4v) is 3.50. The smallest absolute Gasteiger partial charge is 0.169 e. The van der Waals surface area contributed by atoms with E-state index in [1.807, 2.05) is 41.2 Å². The topological polar surface area (TPSA) is 43.6 Å². The summed E-state index contributed by atoms with van der Waals surface area (Å²) in [5, 5.41) is 11.4. The van der Waals surface area contributed by atoms with Crippen molar-refractivity contribution in [2.75, 3.05) is 0 Å². The summed E-state index contributed by atoms with van der Waals surface area (Å²) < 4.78 is 2.01. The Balaban J connectivity index is 1.78. The third-order valence-corrected chi connectivity index (χ3v) is 5.13. The van der Waals surface area contributed by atoms with Crippen molar-refractivity contribution in [3.8, 4) is 17.1 Å². The Kier molecular flexibility index (Phi) is 3.50. The second kappa shape index (κ2) is 6.02. The van der Waals surface area contributed by atoms with Crippen LogP contribution in [0.25, 0.3) is 38.9 Å². The fourth-order valence-electron chi connectivity index (χ4n) is 3.50. The molecule has 0 aliphatic carbocycles. The van der Waals surface area contributed by atoms with Gasteiger partial charge >= 0.3 is 0 Å². The number of aryl methyl sites for hydroxylation is 2. The van der Waals surface area contributed by atoms with Crippen LogP contribution in [0.3, 0.4) is 0 Å². The summed E-state index contributed by atoms with van der Waals surface area (Å²) in [7, 11) is 0. The molecule has 2 aromatic heterocycles. The molecule has 4 nitrogen and oxygen atoms in total. The van der Waals surface area contributed by atoms with Crippen LogP contribution >= 0.6 is 0 Å². The zero-order valence-corrected chi connectivity index (χ0v) is 15.2. The van der Waals surface area contributed by atoms with E-state index in [0.717, 1.165) is 38.9 Å². The number of rotatable bonds is 2. The summed E-state index contributed by atoms with van der Waals surface area (Å²) in [5.74, 6) is 0.798. The summed E-state index contributed by atoms with van der Waals surface area (Å²) in [6, 6.07) is 22.8. The maximum absolute atomic E-state index is 4.61. The van der Waals surface area contributed by atoms with Crippen molar-refractivity contribution >= 4 is 21.8 Å². The predicted octanol–water partition coefficient (Wildman–Crippen LogP) is 5.25. The van der Waals surface area contributed by atoms with Crippen molar-refractivity contribution in [2.24, 2.45) is 0 Å². The monoisotopic (exact) mass is 350 g/mol. The number of fused-ring (bicyclic) bond motifs is 2. The third-order valence-electron chi connectivity index (χ3n) is 5.13. The van der Waals surface area contributed by atoms with Gasteiger partial charge in [-0.1, -0.05) is 48.5 Å². The molecular formula is C23H18N4. The number of aromatic nitrogens is 4. The minimum Gasteiger partial charge on any atom is -0.281 e. The van der Waals surface area contributed by atoms with Gasteiger partial charge in [-0.25, -0.2) is 4.98 Å². The van der Waals surface area contributed by atoms with Crippen LogP contribution in [0.5, 0.6) is 0 Å². The van der Waals surface area contributed by atoms with Crippen molar-refractivity contribution in [2.45, 2.75) is 13.8 Å². The maximum Gasteiger partial charge on any atom is 0.169 e. The van der Waals surface area contributed by atoms with Gasteiger partial charge in [0.05, 0.1) is 11.0 Å². The summed E-state index contributed by atoms with van der Waals surface area (Å²) >= 11 is 0. The Morgan fingerprint density at radius 3 is 2.37 bits per heavy atom. The molecule has 0 aliphatic heterocycles. The molecule has 5 aromatic rings. The summed E-state index contributed by atoms with van der Waals surface area (Å²) in [4.78, 5) is 4.50. The molecule has 0 aliphatic rings. The third kappa shape index (κ3) is 2.49. The SMILES string of the molecule is Cc1ccc(-c2nnc(-n3cnc4ccccc43)c3ccccc23)cc1C. The number of hydrogen-bond donors (Lipinski definition) is 0. The predicted molar refractivity (Wildman–Crippen MR) is 109 cm³/mol. The fraction of sp³-hybridized carbons (Fsp3) is 0.0870. The van der Waals surface area contributed by atoms with Crippen molar-refractivity contribution in [3.63, 3.8) is 0 Å². The zero-order valence-electron chi connectivity index (χ0n) is 15.2. The number of hydrogen-bond acceptors (Lipinski definition) is 3. The van der Waals surface area contributed by atoms with Gasteiger partial charge in [-0.3, -0.25) is 4.57 Å². The van der Waals surface area contributed by atoms with E-state index in [1.165, 1.54) is 11.1 Å². The van der Waals surface area contributed by atoms with E-state index >= 15 is 0 Å². The molecule has 0 atom stereocenters. The molecule has 0 saturated carbocycles. The van der Waals surface area contributed by atoms with Crippen LogP contribution < -0.4 is 0 Å². The summed E-state index contributed by atoms with van der Waals surface area (Å²) in [6.07, 6.45) is 1.82. The number of nitrogens with zero attached hydrogens (tertiary/aromatic N) is 4. The van der Waals surface area contributed by atoms with Crippen LogP contribution in [-0.4, -0.2) is 19.7 Å². The van der Waals surface area contributed by atoms with Crippen LogP contribution in [0.1, 0.15) is 11.1 Å². The van der Waals surface area contributed by atoms with Gasteiger partial charge < -0.3 is 0 Å². The molecule has 0 radical (unpaired) electrons. The van der Waals surface area contributed by atoms with Gasteiger partial charge in [-0.15, -0.1) is 10.2 Å². The second-order valence-electron chi connectivity index (χ2n) is 6.82. The van der Waals surface area contributed by atoms with Crippen molar-refractivity contribution in [1.82, 2.24) is 19.7 Å². The number of para-hydroxylation sites is 2. The maximum atomic E-state index is 4.61. The van der Waals surface area contributed by atoms with Gasteiger partial charge in [0.1, 0.15) is 12.0 Å². The van der Waals surface area contributed by atoms with Crippen LogP contribution in [0, 0.1) is 13.8 Å². The van der Waals surface area contributed by atoms with Gasteiger partial charge in [0.2, 0.25) is 0 Å². The molecule has 2 heterocycles. The second-order valence-corrected chi connectivity index (χ2v) is 6.82. The Hall–Kier alpha value is -3.53. The van der Waals surface area contributed by atoms with Crippen LogP contribution in [-0.2, 0) is 0 Å². The first-order valence-electron chi connectivity index (χ1n) is 8.98. The first-order valence-corrected chi connectivity index (χ1v) is 8.98. The molecular weight excluding hydrogens is 332 g/mol. The largest absolute Gasteiger partial charge is 0.281 e. The highest BCUT2D eigenvalue weighted by atomic mass is 15.2. The van der Waals surface area contributed by atoms with Crippen LogP contribution in [0.15, 0.2) is 73.1 Å². The average Bonchev–Trinajstić information content (AvgIpc) is 3.13. The van der Waals surface area contributed by atoms with E-state index in [1.54, 1.807) is 0 Å². The van der Waals surface area contributed by atoms with E-state index in [0.29, 0.717) is 0 Å². The Morgan fingerprint density at radius 1 is 0.741 bits per heavy atom. The quantitative estimate of drug-likeness (QED) is 0.436. The number of imidazole rings is 1. The van der Waals surface area contributed by atoms with Gasteiger partial charge in [-0.2, -0.15) is 0 Å². The molecule has 4 heteroatoms. The molecule has 5 rings (SSSR count). The Labute approximate surface area is 157 Å². The Morgan fingerprint density at radius 2 is 1.52 bits per heavy atom. The highest BCUT2D eigenvalue weighted by Gasteiger charge is 2.14. The van der Waals surface area contributed by atoms with Crippen LogP contribution in [0.2, 0.25) is 0 Å². The van der Waals surface area contributed by atoms with E-state index < -0.39 is 0 Å². The number of benzene rings is 3. The standard InChI is InChI=1S/C23H18N4/c1-15-11-12-17(13-16(15)2)22-18-7-3-4-8-19(18)23(26-25-22)27-14-24-20-9-5-6-10-21(20)27/h3-14H,1-2H3. The van der Waals surface area contributed by atoms with Gasteiger partial charge in [0.25, 0.3) is 0 Å². The molecule has 0 amide bonds. The van der Waals surface area contributed by atoms with Gasteiger partial charge in [0.15, 0.2) is 5.82 Å². The Bertz CT molecular complexity index is 1300. The first-order chi connectivity index (χ1) is 13.2. The lowest BCUT2D eigenvalue weighted by molar-refractivity contribution is 0.950. The summed E-state index contributed by atoms with van der Waals surface area (Å²) in [6.45, 7) is 4.25. The van der Waals surface area contributed by atoms with E-state index in [9.17, 15) is 0 Å². The molecule has 0 N–H and O–H groups in total. The molecule has 3 aromatic carbocycles. The lowest BCUT2D eigenvalue weighted by atomic mass is 10.0. The molecule has 0 unspecified atom stereocenters. The minimum absolute atomic E-state index is 0.798. The van der Waals surface area contributed by atoms with E-state index in [2.05, 4.69) is 65.4 Å². The summed E-state index contributed by atoms with van der Waals surface area (Å²) in [5.41, 5.74) is 6.49. The average molecular weight is 350 g/mol. The van der Waals surface area contributed by atoms with Crippen LogP contribution in [0.4, 0.5) is 0 Å². The molecule has 0 spiro atoms. The molecule has 0 fully saturated rings. The van der Waals surface area contributed by atoms with Crippen molar-refractivity contribution in [1.29, 1.82) is 0 Å². The lowest BCUT2D eigenvalue weighted by Gasteiger charge is -2.11. The van der Waals surface area contributed by atoms with Crippen molar-refractivity contribution < 1.29 is 0 Å². The molecule has 0 saturated heterocycles. The highest BCUT2D eigenvalue weighted by Crippen LogP contribution is 2.31. The normalized spacial score (nSPS) is 11.3. The molecule has 0 bridgehead atoms. The lowest BCUT2D eigenvalue weighted by Crippen LogP contribution is -2.01. The van der Waals surface area contributed by atoms with Crippen molar-refractivity contribution in [3.05, 3.63) is 84.2 Å².